The van der Waals surface area contributed by atoms with Crippen LogP contribution >= 0.6 is 24.0 Å². The summed E-state index contributed by atoms with van der Waals surface area (Å²) in [6, 6.07) is 6.25. The van der Waals surface area contributed by atoms with Crippen LogP contribution in [0, 0.1) is 0 Å². The molecule has 1 fully saturated rings. The van der Waals surface area contributed by atoms with Crippen molar-refractivity contribution in [3.05, 3.63) is 29.8 Å². The molecule has 2 rings (SSSR count). The zero-order valence-electron chi connectivity index (χ0n) is 19.0. The number of hydrogen-bond acceptors (Lipinski definition) is 4. The Kier molecular flexibility index (Phi) is 11.5. The highest BCUT2D eigenvalue weighted by Crippen LogP contribution is 2.25. The average molecular weight is 571 g/mol. The summed E-state index contributed by atoms with van der Waals surface area (Å²) >= 11 is 0. The van der Waals surface area contributed by atoms with E-state index in [0.717, 1.165) is 17.7 Å². The van der Waals surface area contributed by atoms with Crippen LogP contribution in [0.1, 0.15) is 12.5 Å². The molecule has 1 aromatic rings. The van der Waals surface area contributed by atoms with Crippen molar-refractivity contribution >= 4 is 35.8 Å². The third-order valence-electron chi connectivity index (χ3n) is 5.35. The summed E-state index contributed by atoms with van der Waals surface area (Å²) in [7, 11) is 4.93. The summed E-state index contributed by atoms with van der Waals surface area (Å²) in [6.45, 7) is 3.13. The number of guanidine groups is 1. The summed E-state index contributed by atoms with van der Waals surface area (Å²) in [5, 5.41) is 3.27. The molecule has 182 valence electrons. The molecule has 1 amide bonds. The first-order valence-electron chi connectivity index (χ1n) is 10.3. The van der Waals surface area contributed by atoms with Gasteiger partial charge in [-0.15, -0.1) is 24.0 Å². The first-order valence-corrected chi connectivity index (χ1v) is 10.3. The minimum atomic E-state index is -4.24. The largest absolute Gasteiger partial charge is 0.497 e. The van der Waals surface area contributed by atoms with Gasteiger partial charge in [-0.05, 0) is 31.0 Å². The molecule has 1 N–H and O–H groups in total. The van der Waals surface area contributed by atoms with Crippen LogP contribution in [-0.2, 0) is 11.2 Å². The Morgan fingerprint density at radius 3 is 2.28 bits per heavy atom. The Morgan fingerprint density at radius 1 is 1.19 bits per heavy atom. The predicted molar refractivity (Wildman–Crippen MR) is 130 cm³/mol. The fourth-order valence-corrected chi connectivity index (χ4v) is 3.19. The second-order valence-corrected chi connectivity index (χ2v) is 7.69. The van der Waals surface area contributed by atoms with Crippen LogP contribution in [0.3, 0.4) is 0 Å². The molecular weight excluding hydrogens is 538 g/mol. The molecular formula is C21H33F3IN5O2. The van der Waals surface area contributed by atoms with Crippen LogP contribution < -0.4 is 10.1 Å². The van der Waals surface area contributed by atoms with Crippen LogP contribution in [0.15, 0.2) is 29.3 Å². The molecule has 1 heterocycles. The highest BCUT2D eigenvalue weighted by Gasteiger charge is 2.41. The number of likely N-dealkylation sites (N-methyl/N-ethyl adjacent to an activating group) is 1. The number of methoxy groups -OCH3 is 1. The smallest absolute Gasteiger partial charge is 0.403 e. The summed E-state index contributed by atoms with van der Waals surface area (Å²) in [6.07, 6.45) is -3.51. The van der Waals surface area contributed by atoms with Gasteiger partial charge in [0.15, 0.2) is 5.96 Å². The zero-order chi connectivity index (χ0) is 23.0. The van der Waals surface area contributed by atoms with E-state index in [4.69, 9.17) is 4.74 Å². The van der Waals surface area contributed by atoms with Gasteiger partial charge in [0.25, 0.3) is 0 Å². The van der Waals surface area contributed by atoms with Crippen LogP contribution in [0.2, 0.25) is 0 Å². The summed E-state index contributed by atoms with van der Waals surface area (Å²) < 4.78 is 44.2. The maximum absolute atomic E-state index is 13.0. The molecule has 1 atom stereocenters. The average Bonchev–Trinajstić information content (AvgIpc) is 2.75. The molecule has 1 saturated heterocycles. The molecule has 0 radical (unpaired) electrons. The lowest BCUT2D eigenvalue weighted by atomic mass is 10.1. The normalized spacial score (nSPS) is 16.2. The van der Waals surface area contributed by atoms with Gasteiger partial charge >= 0.3 is 6.18 Å². The number of carbonyl (C=O) groups is 1. The van der Waals surface area contributed by atoms with Gasteiger partial charge in [0, 0.05) is 46.8 Å². The Bertz CT molecular complexity index is 736. The molecule has 1 aliphatic heterocycles. The van der Waals surface area contributed by atoms with Crippen LogP contribution in [0.4, 0.5) is 13.2 Å². The topological polar surface area (TPSA) is 60.4 Å². The summed E-state index contributed by atoms with van der Waals surface area (Å²) in [5.74, 6) is 1.19. The standard InChI is InChI=1S/C21H32F3N5O2.HI/c1-16(21(22,23)24)28-11-13-29(14-12-28)20(26-15-19(30)27(2)3)25-10-9-17-5-7-18(31-4)8-6-17;/h5-8,16H,9-15H2,1-4H3,(H,25,26);1H. The number of benzene rings is 1. The minimum Gasteiger partial charge on any atom is -0.497 e. The van der Waals surface area contributed by atoms with E-state index in [9.17, 15) is 18.0 Å². The number of hydrogen-bond donors (Lipinski definition) is 1. The highest BCUT2D eigenvalue weighted by atomic mass is 127. The molecule has 0 aromatic heterocycles. The van der Waals surface area contributed by atoms with Crippen molar-refractivity contribution in [3.63, 3.8) is 0 Å². The van der Waals surface area contributed by atoms with Crippen LogP contribution in [0.5, 0.6) is 5.75 Å². The molecule has 0 spiro atoms. The van der Waals surface area contributed by atoms with Crippen molar-refractivity contribution < 1.29 is 22.7 Å². The number of rotatable bonds is 7. The Labute approximate surface area is 205 Å². The molecule has 1 unspecified atom stereocenters. The molecule has 7 nitrogen and oxygen atoms in total. The lowest BCUT2D eigenvalue weighted by molar-refractivity contribution is -0.181. The number of alkyl halides is 3. The zero-order valence-corrected chi connectivity index (χ0v) is 21.3. The number of aliphatic imine (C=N–C) groups is 1. The second kappa shape index (κ2) is 13.1. The van der Waals surface area contributed by atoms with E-state index < -0.39 is 12.2 Å². The predicted octanol–water partition coefficient (Wildman–Crippen LogP) is 2.46. The van der Waals surface area contributed by atoms with E-state index in [1.807, 2.05) is 29.2 Å². The number of ether oxygens (including phenoxy) is 1. The molecule has 0 bridgehead atoms. The third-order valence-corrected chi connectivity index (χ3v) is 5.35. The third kappa shape index (κ3) is 8.64. The summed E-state index contributed by atoms with van der Waals surface area (Å²) in [5.41, 5.74) is 1.11. The molecule has 0 saturated carbocycles. The van der Waals surface area contributed by atoms with E-state index >= 15 is 0 Å². The van der Waals surface area contributed by atoms with E-state index in [0.29, 0.717) is 25.6 Å². The van der Waals surface area contributed by atoms with Gasteiger partial charge in [0.2, 0.25) is 5.91 Å². The number of piperazine rings is 1. The quantitative estimate of drug-likeness (QED) is 0.310. The van der Waals surface area contributed by atoms with Gasteiger partial charge in [-0.25, -0.2) is 4.99 Å². The van der Waals surface area contributed by atoms with Crippen molar-refractivity contribution in [2.24, 2.45) is 4.99 Å². The van der Waals surface area contributed by atoms with E-state index in [1.54, 1.807) is 21.2 Å². The monoisotopic (exact) mass is 571 g/mol. The molecule has 1 aliphatic rings. The SMILES string of the molecule is COc1ccc(CCNC(=NCC(=O)N(C)C)N2CCN(C(C)C(F)(F)F)CC2)cc1.I. The Morgan fingerprint density at radius 2 is 1.78 bits per heavy atom. The maximum atomic E-state index is 13.0. The molecule has 11 heteroatoms. The lowest BCUT2D eigenvalue weighted by Gasteiger charge is -2.39. The highest BCUT2D eigenvalue weighted by molar-refractivity contribution is 14.0. The van der Waals surface area contributed by atoms with Gasteiger partial charge in [-0.2, -0.15) is 13.2 Å². The van der Waals surface area contributed by atoms with Gasteiger partial charge < -0.3 is 19.9 Å². The van der Waals surface area contributed by atoms with Gasteiger partial charge in [-0.3, -0.25) is 9.69 Å². The summed E-state index contributed by atoms with van der Waals surface area (Å²) in [4.78, 5) is 21.2. The van der Waals surface area contributed by atoms with Crippen molar-refractivity contribution in [3.8, 4) is 5.75 Å². The van der Waals surface area contributed by atoms with Crippen molar-refractivity contribution in [1.82, 2.24) is 20.0 Å². The molecule has 1 aromatic carbocycles. The number of amides is 1. The molecule has 0 aliphatic carbocycles. The number of nitrogens with zero attached hydrogens (tertiary/aromatic N) is 4. The molecule has 32 heavy (non-hydrogen) atoms. The first kappa shape index (κ1) is 28.3. The Hall–Kier alpha value is -1.76. The lowest BCUT2D eigenvalue weighted by Crippen LogP contribution is -2.57. The van der Waals surface area contributed by atoms with Crippen LogP contribution in [0.25, 0.3) is 0 Å². The van der Waals surface area contributed by atoms with E-state index in [1.165, 1.54) is 16.7 Å². The van der Waals surface area contributed by atoms with Crippen LogP contribution in [-0.4, -0.2) is 99.3 Å². The Balaban J connectivity index is 0.00000512. The number of carbonyl (C=O) groups excluding carboxylic acids is 1. The second-order valence-electron chi connectivity index (χ2n) is 7.69. The minimum absolute atomic E-state index is 0. The number of nitrogens with one attached hydrogen (secondary N) is 1. The maximum Gasteiger partial charge on any atom is 0.403 e. The van der Waals surface area contributed by atoms with Gasteiger partial charge in [0.05, 0.1) is 7.11 Å². The van der Waals surface area contributed by atoms with E-state index in [2.05, 4.69) is 10.3 Å². The fraction of sp³-hybridized carbons (Fsp3) is 0.619. The van der Waals surface area contributed by atoms with Gasteiger partial charge in [-0.1, -0.05) is 12.1 Å². The fourth-order valence-electron chi connectivity index (χ4n) is 3.19. The number of halogens is 4. The van der Waals surface area contributed by atoms with E-state index in [-0.39, 0.29) is 49.5 Å². The van der Waals surface area contributed by atoms with Crippen molar-refractivity contribution in [2.45, 2.75) is 25.6 Å². The first-order chi connectivity index (χ1) is 14.6. The van der Waals surface area contributed by atoms with Crippen molar-refractivity contribution in [2.75, 3.05) is 60.5 Å². The van der Waals surface area contributed by atoms with Gasteiger partial charge in [0.1, 0.15) is 18.3 Å². The van der Waals surface area contributed by atoms with Crippen molar-refractivity contribution in [1.29, 1.82) is 0 Å².